The van der Waals surface area contributed by atoms with Gasteiger partial charge in [-0.3, -0.25) is 9.69 Å². The molecule has 2 saturated heterocycles. The Morgan fingerprint density at radius 3 is 2.93 bits per heavy atom. The van der Waals surface area contributed by atoms with E-state index < -0.39 is 0 Å². The average molecular weight is 382 g/mol. The number of benzene rings is 1. The molecule has 1 aromatic carbocycles. The van der Waals surface area contributed by atoms with Crippen LogP contribution >= 0.6 is 0 Å². The Morgan fingerprint density at radius 1 is 1.25 bits per heavy atom. The monoisotopic (exact) mass is 381 g/mol. The Balaban J connectivity index is 1.24. The van der Waals surface area contributed by atoms with Gasteiger partial charge in [0, 0.05) is 31.0 Å². The third kappa shape index (κ3) is 2.22. The van der Waals surface area contributed by atoms with Gasteiger partial charge in [0.15, 0.2) is 0 Å². The van der Waals surface area contributed by atoms with Gasteiger partial charge in [0.1, 0.15) is 11.7 Å². The van der Waals surface area contributed by atoms with Crippen molar-refractivity contribution < 1.29 is 14.3 Å². The molecule has 0 radical (unpaired) electrons. The van der Waals surface area contributed by atoms with E-state index in [2.05, 4.69) is 43.0 Å². The first-order valence-electron chi connectivity index (χ1n) is 11.2. The molecule has 4 nitrogen and oxygen atoms in total. The van der Waals surface area contributed by atoms with Crippen LogP contribution in [0.2, 0.25) is 0 Å². The molecule has 0 amide bonds. The van der Waals surface area contributed by atoms with Crippen molar-refractivity contribution in [2.24, 2.45) is 23.2 Å². The highest BCUT2D eigenvalue weighted by molar-refractivity contribution is 5.76. The predicted molar refractivity (Wildman–Crippen MR) is 106 cm³/mol. The van der Waals surface area contributed by atoms with Crippen LogP contribution in [0.1, 0.15) is 50.7 Å². The number of hydrogen-bond acceptors (Lipinski definition) is 4. The van der Waals surface area contributed by atoms with Crippen molar-refractivity contribution in [1.29, 1.82) is 0 Å². The smallest absolute Gasteiger partial charge is 0.311 e. The number of ether oxygens (including phenoxy) is 2. The Bertz CT molecular complexity index is 824. The van der Waals surface area contributed by atoms with Crippen molar-refractivity contribution in [2.75, 3.05) is 13.1 Å². The normalized spacial score (nSPS) is 46.8. The Morgan fingerprint density at radius 2 is 2.07 bits per heavy atom. The van der Waals surface area contributed by atoms with E-state index in [1.807, 2.05) is 0 Å². The number of epoxide rings is 1. The third-order valence-electron chi connectivity index (χ3n) is 8.86. The van der Waals surface area contributed by atoms with Crippen molar-refractivity contribution >= 4 is 5.97 Å². The minimum absolute atomic E-state index is 0.00709. The molecule has 2 saturated carbocycles. The highest BCUT2D eigenvalue weighted by atomic mass is 16.6. The van der Waals surface area contributed by atoms with Crippen molar-refractivity contribution in [1.82, 2.24) is 4.90 Å². The largest absolute Gasteiger partial charge is 0.462 e. The van der Waals surface area contributed by atoms with Crippen LogP contribution in [0.25, 0.3) is 0 Å². The summed E-state index contributed by atoms with van der Waals surface area (Å²) in [6.07, 6.45) is 6.09. The lowest BCUT2D eigenvalue weighted by molar-refractivity contribution is -0.146. The summed E-state index contributed by atoms with van der Waals surface area (Å²) in [5, 5.41) is 0. The fourth-order valence-electron chi connectivity index (χ4n) is 7.43. The van der Waals surface area contributed by atoms with Gasteiger partial charge in [0.05, 0.1) is 12.0 Å². The molecule has 0 unspecified atom stereocenters. The number of carbonyl (C=O) groups excluding carboxylic acids is 1. The molecule has 3 heterocycles. The average Bonchev–Trinajstić information content (AvgIpc) is 3.37. The second-order valence-electron chi connectivity index (χ2n) is 10.3. The SMILES string of the molecule is C[C@H]1CCC[C@]2(C)C[C@H]3OC(=O)[C@H](CN4CCc5ccccc5C4)[C@H]3[C@@H]3O[C@@]132. The summed E-state index contributed by atoms with van der Waals surface area (Å²) in [4.78, 5) is 15.4. The van der Waals surface area contributed by atoms with Gasteiger partial charge in [-0.15, -0.1) is 0 Å². The molecule has 3 aliphatic heterocycles. The van der Waals surface area contributed by atoms with Gasteiger partial charge in [-0.1, -0.05) is 44.5 Å². The van der Waals surface area contributed by atoms with E-state index in [1.165, 1.54) is 30.4 Å². The first kappa shape index (κ1) is 17.5. The van der Waals surface area contributed by atoms with E-state index in [-0.39, 0.29) is 41.0 Å². The van der Waals surface area contributed by atoms with E-state index in [9.17, 15) is 4.79 Å². The second-order valence-corrected chi connectivity index (χ2v) is 10.3. The minimum atomic E-state index is -0.0293. The molecule has 0 aromatic heterocycles. The lowest BCUT2D eigenvalue weighted by atomic mass is 9.53. The quantitative estimate of drug-likeness (QED) is 0.580. The van der Waals surface area contributed by atoms with Crippen molar-refractivity contribution in [3.05, 3.63) is 35.4 Å². The van der Waals surface area contributed by atoms with Crippen LogP contribution in [0.3, 0.4) is 0 Å². The highest BCUT2D eigenvalue weighted by Gasteiger charge is 2.78. The molecule has 150 valence electrons. The van der Waals surface area contributed by atoms with Crippen molar-refractivity contribution in [2.45, 2.75) is 70.3 Å². The van der Waals surface area contributed by atoms with E-state index in [0.717, 1.165) is 32.5 Å². The highest BCUT2D eigenvalue weighted by Crippen LogP contribution is 2.70. The minimum Gasteiger partial charge on any atom is -0.462 e. The molecular formula is C24H31NO3. The standard InChI is InChI=1S/C24H31NO3/c1-15-6-5-10-23(2)12-19-20(21-24(15,23)28-21)18(22(26)27-19)14-25-11-9-16-7-3-4-8-17(16)13-25/h3-4,7-8,15,18-21H,5-6,9-14H2,1-2H3/t15-,18+,19+,20+,21-,23+,24-/m0/s1. The van der Waals surface area contributed by atoms with Crippen LogP contribution < -0.4 is 0 Å². The zero-order valence-electron chi connectivity index (χ0n) is 17.0. The molecule has 1 spiro atoms. The van der Waals surface area contributed by atoms with Crippen LogP contribution in [0.4, 0.5) is 0 Å². The Kier molecular flexibility index (Phi) is 3.63. The predicted octanol–water partition coefficient (Wildman–Crippen LogP) is 3.57. The molecule has 2 aliphatic carbocycles. The maximum atomic E-state index is 12.9. The Labute approximate surface area is 167 Å². The first-order valence-corrected chi connectivity index (χ1v) is 11.2. The molecule has 1 aromatic rings. The van der Waals surface area contributed by atoms with E-state index in [0.29, 0.717) is 5.92 Å². The fourth-order valence-corrected chi connectivity index (χ4v) is 7.43. The van der Waals surface area contributed by atoms with Gasteiger partial charge < -0.3 is 9.47 Å². The number of nitrogens with zero attached hydrogens (tertiary/aromatic N) is 1. The van der Waals surface area contributed by atoms with Crippen molar-refractivity contribution in [3.63, 3.8) is 0 Å². The van der Waals surface area contributed by atoms with Crippen LogP contribution in [0.15, 0.2) is 24.3 Å². The summed E-state index contributed by atoms with van der Waals surface area (Å²) < 4.78 is 12.6. The number of carbonyl (C=O) groups is 1. The Hall–Kier alpha value is -1.39. The molecule has 4 heteroatoms. The number of hydrogen-bond donors (Lipinski definition) is 0. The van der Waals surface area contributed by atoms with Gasteiger partial charge >= 0.3 is 5.97 Å². The molecule has 6 rings (SSSR count). The van der Waals surface area contributed by atoms with Gasteiger partial charge in [0.25, 0.3) is 0 Å². The molecule has 7 atom stereocenters. The molecule has 5 aliphatic rings. The van der Waals surface area contributed by atoms with Crippen LogP contribution in [0, 0.1) is 23.2 Å². The first-order chi connectivity index (χ1) is 13.5. The van der Waals surface area contributed by atoms with Crippen molar-refractivity contribution in [3.8, 4) is 0 Å². The van der Waals surface area contributed by atoms with Crippen LogP contribution in [0.5, 0.6) is 0 Å². The summed E-state index contributed by atoms with van der Waals surface area (Å²) in [6.45, 7) is 7.55. The van der Waals surface area contributed by atoms with E-state index in [4.69, 9.17) is 9.47 Å². The molecule has 0 bridgehead atoms. The fraction of sp³-hybridized carbons (Fsp3) is 0.708. The zero-order valence-corrected chi connectivity index (χ0v) is 17.0. The number of rotatable bonds is 2. The summed E-state index contributed by atoms with van der Waals surface area (Å²) in [6, 6.07) is 8.71. The van der Waals surface area contributed by atoms with Gasteiger partial charge in [-0.25, -0.2) is 0 Å². The number of fused-ring (bicyclic) bond motifs is 3. The van der Waals surface area contributed by atoms with E-state index in [1.54, 1.807) is 0 Å². The zero-order chi connectivity index (χ0) is 19.1. The maximum absolute atomic E-state index is 12.9. The maximum Gasteiger partial charge on any atom is 0.311 e. The topological polar surface area (TPSA) is 42.1 Å². The molecule has 4 fully saturated rings. The summed E-state index contributed by atoms with van der Waals surface area (Å²) in [5.74, 6) is 0.835. The summed E-state index contributed by atoms with van der Waals surface area (Å²) >= 11 is 0. The van der Waals surface area contributed by atoms with Crippen LogP contribution in [-0.4, -0.2) is 41.8 Å². The van der Waals surface area contributed by atoms with Gasteiger partial charge in [-0.2, -0.15) is 0 Å². The summed E-state index contributed by atoms with van der Waals surface area (Å²) in [7, 11) is 0. The lowest BCUT2D eigenvalue weighted by Crippen LogP contribution is -2.54. The third-order valence-corrected chi connectivity index (χ3v) is 8.86. The molecule has 0 N–H and O–H groups in total. The van der Waals surface area contributed by atoms with Gasteiger partial charge in [-0.05, 0) is 42.7 Å². The second kappa shape index (κ2) is 5.82. The molecular weight excluding hydrogens is 350 g/mol. The van der Waals surface area contributed by atoms with E-state index >= 15 is 0 Å². The molecule has 28 heavy (non-hydrogen) atoms. The lowest BCUT2D eigenvalue weighted by Gasteiger charge is -2.49. The summed E-state index contributed by atoms with van der Waals surface area (Å²) in [5.41, 5.74) is 3.05. The van der Waals surface area contributed by atoms with Gasteiger partial charge in [0.2, 0.25) is 0 Å². The van der Waals surface area contributed by atoms with Crippen LogP contribution in [-0.2, 0) is 27.2 Å². The number of esters is 1.